The van der Waals surface area contributed by atoms with Crippen LogP contribution in [0.1, 0.15) is 37.4 Å². The highest BCUT2D eigenvalue weighted by Crippen LogP contribution is 2.27. The van der Waals surface area contributed by atoms with Gasteiger partial charge in [-0.05, 0) is 26.2 Å². The van der Waals surface area contributed by atoms with Crippen molar-refractivity contribution in [1.82, 2.24) is 9.97 Å². The van der Waals surface area contributed by atoms with Gasteiger partial charge in [0.1, 0.15) is 5.82 Å². The summed E-state index contributed by atoms with van der Waals surface area (Å²) in [6.07, 6.45) is 4.70. The Hall–Kier alpha value is -1.36. The lowest BCUT2D eigenvalue weighted by atomic mass is 10.1. The minimum atomic E-state index is 0.301. The largest absolute Gasteiger partial charge is 0.380 e. The summed E-state index contributed by atoms with van der Waals surface area (Å²) in [5, 5.41) is 0. The van der Waals surface area contributed by atoms with Gasteiger partial charge in [-0.2, -0.15) is 4.98 Å². The number of nitrogen functional groups attached to an aromatic ring is 1. The van der Waals surface area contributed by atoms with Crippen LogP contribution in [0.25, 0.3) is 0 Å². The van der Waals surface area contributed by atoms with Crippen molar-refractivity contribution in [3.63, 3.8) is 0 Å². The van der Waals surface area contributed by atoms with E-state index in [4.69, 9.17) is 10.5 Å². The fourth-order valence-corrected chi connectivity index (χ4v) is 2.62. The summed E-state index contributed by atoms with van der Waals surface area (Å²) in [7, 11) is 1.77. The number of nitrogens with two attached hydrogens (primary N) is 1. The first-order chi connectivity index (χ1) is 9.15. The molecule has 0 aliphatic carbocycles. The minimum Gasteiger partial charge on any atom is -0.380 e. The number of nitrogens with zero attached hydrogens (tertiary/aromatic N) is 3. The molecule has 0 aromatic carbocycles. The van der Waals surface area contributed by atoms with Crippen LogP contribution in [-0.2, 0) is 11.2 Å². The summed E-state index contributed by atoms with van der Waals surface area (Å²) in [4.78, 5) is 11.1. The van der Waals surface area contributed by atoms with Gasteiger partial charge in [-0.25, -0.2) is 4.98 Å². The molecule has 19 heavy (non-hydrogen) atoms. The van der Waals surface area contributed by atoms with Crippen molar-refractivity contribution in [3.8, 4) is 0 Å². The molecular weight excluding hydrogens is 240 g/mol. The molecule has 106 valence electrons. The Labute approximate surface area is 115 Å². The SMILES string of the molecule is CCCCc1c(C)nc(N)nc1N1CC[C@@H](OC)C1. The van der Waals surface area contributed by atoms with Crippen molar-refractivity contribution >= 4 is 11.8 Å². The number of ether oxygens (including phenoxy) is 1. The van der Waals surface area contributed by atoms with E-state index in [2.05, 4.69) is 21.8 Å². The molecule has 2 rings (SSSR count). The van der Waals surface area contributed by atoms with Crippen LogP contribution in [-0.4, -0.2) is 36.3 Å². The lowest BCUT2D eigenvalue weighted by Crippen LogP contribution is -2.25. The highest BCUT2D eigenvalue weighted by Gasteiger charge is 2.26. The van der Waals surface area contributed by atoms with E-state index >= 15 is 0 Å². The monoisotopic (exact) mass is 264 g/mol. The highest BCUT2D eigenvalue weighted by atomic mass is 16.5. The van der Waals surface area contributed by atoms with Crippen LogP contribution >= 0.6 is 0 Å². The third-order valence-corrected chi connectivity index (χ3v) is 3.77. The van der Waals surface area contributed by atoms with Gasteiger partial charge < -0.3 is 15.4 Å². The van der Waals surface area contributed by atoms with Gasteiger partial charge >= 0.3 is 0 Å². The van der Waals surface area contributed by atoms with E-state index in [-0.39, 0.29) is 0 Å². The summed E-state index contributed by atoms with van der Waals surface area (Å²) in [5.41, 5.74) is 8.07. The predicted molar refractivity (Wildman–Crippen MR) is 77.4 cm³/mol. The molecule has 0 radical (unpaired) electrons. The van der Waals surface area contributed by atoms with Crippen molar-refractivity contribution in [1.29, 1.82) is 0 Å². The fraction of sp³-hybridized carbons (Fsp3) is 0.714. The number of methoxy groups -OCH3 is 1. The quantitative estimate of drug-likeness (QED) is 0.880. The molecule has 0 unspecified atom stereocenters. The molecule has 1 aromatic rings. The normalized spacial score (nSPS) is 19.1. The van der Waals surface area contributed by atoms with Crippen LogP contribution < -0.4 is 10.6 Å². The number of anilines is 2. The van der Waals surface area contributed by atoms with Gasteiger partial charge in [-0.3, -0.25) is 0 Å². The zero-order valence-electron chi connectivity index (χ0n) is 12.1. The van der Waals surface area contributed by atoms with E-state index in [0.717, 1.165) is 43.9 Å². The molecule has 5 heteroatoms. The Morgan fingerprint density at radius 2 is 2.21 bits per heavy atom. The van der Waals surface area contributed by atoms with Gasteiger partial charge in [-0.15, -0.1) is 0 Å². The maximum Gasteiger partial charge on any atom is 0.222 e. The van der Waals surface area contributed by atoms with Crippen LogP contribution in [0.4, 0.5) is 11.8 Å². The second kappa shape index (κ2) is 6.19. The van der Waals surface area contributed by atoms with Gasteiger partial charge in [0.15, 0.2) is 0 Å². The average Bonchev–Trinajstić information content (AvgIpc) is 2.85. The second-order valence-electron chi connectivity index (χ2n) is 5.17. The van der Waals surface area contributed by atoms with Gasteiger partial charge in [-0.1, -0.05) is 13.3 Å². The van der Waals surface area contributed by atoms with Gasteiger partial charge in [0.2, 0.25) is 5.95 Å². The third kappa shape index (κ3) is 3.15. The standard InChI is InChI=1S/C14H24N4O/c1-4-5-6-12-10(2)16-14(15)17-13(12)18-8-7-11(9-18)19-3/h11H,4-9H2,1-3H3,(H2,15,16,17)/t11-/m1/s1. The first kappa shape index (κ1) is 14.1. The maximum atomic E-state index is 5.81. The number of aryl methyl sites for hydroxylation is 1. The Bertz CT molecular complexity index is 436. The van der Waals surface area contributed by atoms with Crippen LogP contribution in [0, 0.1) is 6.92 Å². The minimum absolute atomic E-state index is 0.301. The maximum absolute atomic E-state index is 5.81. The third-order valence-electron chi connectivity index (χ3n) is 3.77. The van der Waals surface area contributed by atoms with Crippen molar-refractivity contribution in [3.05, 3.63) is 11.3 Å². The molecule has 0 spiro atoms. The Morgan fingerprint density at radius 1 is 1.42 bits per heavy atom. The molecule has 1 aliphatic heterocycles. The highest BCUT2D eigenvalue weighted by molar-refractivity contribution is 5.52. The van der Waals surface area contributed by atoms with Crippen LogP contribution in [0.15, 0.2) is 0 Å². The van der Waals surface area contributed by atoms with Crippen molar-refractivity contribution in [2.75, 3.05) is 30.8 Å². The van der Waals surface area contributed by atoms with Crippen molar-refractivity contribution in [2.24, 2.45) is 0 Å². The lowest BCUT2D eigenvalue weighted by molar-refractivity contribution is 0.121. The van der Waals surface area contributed by atoms with Crippen molar-refractivity contribution in [2.45, 2.75) is 45.6 Å². The average molecular weight is 264 g/mol. The molecule has 1 fully saturated rings. The fourth-order valence-electron chi connectivity index (χ4n) is 2.62. The van der Waals surface area contributed by atoms with Crippen LogP contribution in [0.3, 0.4) is 0 Å². The Morgan fingerprint density at radius 3 is 2.84 bits per heavy atom. The summed E-state index contributed by atoms with van der Waals surface area (Å²) < 4.78 is 5.43. The Kier molecular flexibility index (Phi) is 4.58. The molecular formula is C14H24N4O. The zero-order valence-corrected chi connectivity index (χ0v) is 12.1. The second-order valence-corrected chi connectivity index (χ2v) is 5.17. The number of hydrogen-bond acceptors (Lipinski definition) is 5. The molecule has 1 saturated heterocycles. The van der Waals surface area contributed by atoms with Gasteiger partial charge in [0.05, 0.1) is 6.10 Å². The Balaban J connectivity index is 2.27. The van der Waals surface area contributed by atoms with Crippen LogP contribution in [0.2, 0.25) is 0 Å². The molecule has 5 nitrogen and oxygen atoms in total. The topological polar surface area (TPSA) is 64.3 Å². The molecule has 1 aliphatic rings. The molecule has 1 atom stereocenters. The summed E-state index contributed by atoms with van der Waals surface area (Å²) in [6.45, 7) is 6.10. The zero-order chi connectivity index (χ0) is 13.8. The number of hydrogen-bond donors (Lipinski definition) is 1. The van der Waals surface area contributed by atoms with E-state index in [1.807, 2.05) is 6.92 Å². The molecule has 0 amide bonds. The number of aromatic nitrogens is 2. The molecule has 2 N–H and O–H groups in total. The predicted octanol–water partition coefficient (Wildman–Crippen LogP) is 1.93. The molecule has 1 aromatic heterocycles. The number of unbranched alkanes of at least 4 members (excludes halogenated alkanes) is 1. The van der Waals surface area contributed by atoms with E-state index in [0.29, 0.717) is 12.1 Å². The van der Waals surface area contributed by atoms with Crippen LogP contribution in [0.5, 0.6) is 0 Å². The smallest absolute Gasteiger partial charge is 0.222 e. The number of rotatable bonds is 5. The van der Waals surface area contributed by atoms with Gasteiger partial charge in [0, 0.05) is 31.5 Å². The van der Waals surface area contributed by atoms with E-state index in [1.165, 1.54) is 12.0 Å². The lowest BCUT2D eigenvalue weighted by Gasteiger charge is -2.22. The first-order valence-electron chi connectivity index (χ1n) is 7.06. The molecule has 0 saturated carbocycles. The summed E-state index contributed by atoms with van der Waals surface area (Å²) in [6, 6.07) is 0. The summed E-state index contributed by atoms with van der Waals surface area (Å²) in [5.74, 6) is 1.38. The van der Waals surface area contributed by atoms with E-state index in [1.54, 1.807) is 7.11 Å². The van der Waals surface area contributed by atoms with Crippen molar-refractivity contribution < 1.29 is 4.74 Å². The first-order valence-corrected chi connectivity index (χ1v) is 7.06. The van der Waals surface area contributed by atoms with E-state index in [9.17, 15) is 0 Å². The molecule has 2 heterocycles. The van der Waals surface area contributed by atoms with Gasteiger partial charge in [0.25, 0.3) is 0 Å². The van der Waals surface area contributed by atoms with E-state index < -0.39 is 0 Å². The molecule has 0 bridgehead atoms. The summed E-state index contributed by atoms with van der Waals surface area (Å²) >= 11 is 0.